The largest absolute Gasteiger partial charge is 0.494 e. The second-order valence-corrected chi connectivity index (χ2v) is 5.10. The van der Waals surface area contributed by atoms with Crippen LogP contribution in [0.5, 0.6) is 5.75 Å². The third-order valence-electron chi connectivity index (χ3n) is 3.25. The molecule has 0 radical (unpaired) electrons. The van der Waals surface area contributed by atoms with Crippen LogP contribution < -0.4 is 10.5 Å². The molecule has 0 atom stereocenters. The molecule has 1 aromatic rings. The van der Waals surface area contributed by atoms with Crippen LogP contribution >= 0.6 is 11.6 Å². The molecule has 1 aliphatic heterocycles. The summed E-state index contributed by atoms with van der Waals surface area (Å²) in [6.07, 6.45) is 0. The lowest BCUT2D eigenvalue weighted by Crippen LogP contribution is -2.38. The van der Waals surface area contributed by atoms with Gasteiger partial charge in [0.2, 0.25) is 0 Å². The van der Waals surface area contributed by atoms with E-state index in [1.165, 1.54) is 19.2 Å². The Morgan fingerprint density at radius 1 is 1.43 bits per heavy atom. The van der Waals surface area contributed by atoms with Crippen molar-refractivity contribution in [1.82, 2.24) is 4.90 Å². The van der Waals surface area contributed by atoms with E-state index in [0.717, 1.165) is 13.1 Å². The van der Waals surface area contributed by atoms with E-state index in [2.05, 4.69) is 4.90 Å². The summed E-state index contributed by atoms with van der Waals surface area (Å²) in [6, 6.07) is 3.03. The van der Waals surface area contributed by atoms with Crippen LogP contribution in [0.25, 0.3) is 0 Å². The molecule has 2 N–H and O–H groups in total. The van der Waals surface area contributed by atoms with Crippen molar-refractivity contribution in [2.24, 2.45) is 0 Å². The van der Waals surface area contributed by atoms with Gasteiger partial charge in [0.1, 0.15) is 12.2 Å². The van der Waals surface area contributed by atoms with Crippen LogP contribution in [-0.2, 0) is 9.47 Å². The van der Waals surface area contributed by atoms with Gasteiger partial charge in [0.25, 0.3) is 0 Å². The molecule has 1 aromatic carbocycles. The molecule has 0 bridgehead atoms. The summed E-state index contributed by atoms with van der Waals surface area (Å²) < 4.78 is 15.7. The summed E-state index contributed by atoms with van der Waals surface area (Å²) in [5.74, 6) is -0.204. The summed E-state index contributed by atoms with van der Waals surface area (Å²) in [5.41, 5.74) is 6.33. The van der Waals surface area contributed by atoms with Gasteiger partial charge in [0.15, 0.2) is 5.75 Å². The lowest BCUT2D eigenvalue weighted by Gasteiger charge is -2.26. The first-order chi connectivity index (χ1) is 10.1. The lowest BCUT2D eigenvalue weighted by molar-refractivity contribution is 0.0194. The molecule has 0 amide bonds. The molecule has 21 heavy (non-hydrogen) atoms. The van der Waals surface area contributed by atoms with Crippen LogP contribution in [0.1, 0.15) is 10.4 Å². The van der Waals surface area contributed by atoms with Crippen molar-refractivity contribution in [3.63, 3.8) is 0 Å². The maximum absolute atomic E-state index is 12.1. The number of hydrogen-bond donors (Lipinski definition) is 1. The topological polar surface area (TPSA) is 74.0 Å². The second-order valence-electron chi connectivity index (χ2n) is 4.67. The fourth-order valence-electron chi connectivity index (χ4n) is 2.16. The zero-order valence-electron chi connectivity index (χ0n) is 11.9. The van der Waals surface area contributed by atoms with E-state index >= 15 is 0 Å². The van der Waals surface area contributed by atoms with Gasteiger partial charge in [-0.25, -0.2) is 4.79 Å². The summed E-state index contributed by atoms with van der Waals surface area (Å²) in [7, 11) is 1.45. The highest BCUT2D eigenvalue weighted by Gasteiger charge is 2.18. The smallest absolute Gasteiger partial charge is 0.342 e. The predicted molar refractivity (Wildman–Crippen MR) is 80.0 cm³/mol. The normalized spacial score (nSPS) is 15.7. The average molecular weight is 315 g/mol. The zero-order chi connectivity index (χ0) is 15.2. The first kappa shape index (κ1) is 15.9. The molecular formula is C14H19ClN2O4. The summed E-state index contributed by atoms with van der Waals surface area (Å²) in [4.78, 5) is 14.3. The van der Waals surface area contributed by atoms with Crippen molar-refractivity contribution >= 4 is 23.3 Å². The number of nitrogen functional groups attached to an aromatic ring is 1. The molecule has 1 heterocycles. The molecule has 2 rings (SSSR count). The fraction of sp³-hybridized carbons (Fsp3) is 0.500. The number of carbonyl (C=O) groups excluding carboxylic acids is 1. The fourth-order valence-corrected chi connectivity index (χ4v) is 2.39. The Morgan fingerprint density at radius 2 is 2.14 bits per heavy atom. The minimum absolute atomic E-state index is 0.240. The second kappa shape index (κ2) is 7.49. The van der Waals surface area contributed by atoms with Crippen molar-refractivity contribution in [1.29, 1.82) is 0 Å². The summed E-state index contributed by atoms with van der Waals surface area (Å²) in [6.45, 7) is 4.11. The molecule has 116 valence electrons. The quantitative estimate of drug-likeness (QED) is 0.654. The Labute approximate surface area is 128 Å². The molecule has 0 aromatic heterocycles. The summed E-state index contributed by atoms with van der Waals surface area (Å²) >= 11 is 5.91. The molecule has 0 spiro atoms. The van der Waals surface area contributed by atoms with Gasteiger partial charge in [-0.3, -0.25) is 4.90 Å². The van der Waals surface area contributed by atoms with E-state index in [1.807, 2.05) is 0 Å². The minimum Gasteiger partial charge on any atom is -0.494 e. The monoisotopic (exact) mass is 314 g/mol. The molecule has 0 saturated carbocycles. The highest BCUT2D eigenvalue weighted by Crippen LogP contribution is 2.30. The number of carbonyl (C=O) groups is 1. The van der Waals surface area contributed by atoms with Gasteiger partial charge >= 0.3 is 5.97 Å². The molecule has 1 saturated heterocycles. The number of benzene rings is 1. The number of hydrogen-bond acceptors (Lipinski definition) is 6. The number of rotatable bonds is 5. The Kier molecular flexibility index (Phi) is 5.67. The molecule has 6 nitrogen and oxygen atoms in total. The van der Waals surface area contributed by atoms with Crippen LogP contribution in [-0.4, -0.2) is 57.4 Å². The third-order valence-corrected chi connectivity index (χ3v) is 3.47. The number of halogens is 1. The van der Waals surface area contributed by atoms with E-state index in [-0.39, 0.29) is 11.3 Å². The number of esters is 1. The van der Waals surface area contributed by atoms with E-state index in [1.54, 1.807) is 0 Å². The van der Waals surface area contributed by atoms with Crippen molar-refractivity contribution in [3.8, 4) is 5.75 Å². The van der Waals surface area contributed by atoms with E-state index < -0.39 is 5.97 Å². The number of nitrogens with two attached hydrogens (primary N) is 1. The molecule has 1 aliphatic rings. The van der Waals surface area contributed by atoms with E-state index in [9.17, 15) is 4.79 Å². The Bertz CT molecular complexity index is 504. The molecule has 7 heteroatoms. The van der Waals surface area contributed by atoms with Gasteiger partial charge in [-0.05, 0) is 12.1 Å². The lowest BCUT2D eigenvalue weighted by atomic mass is 10.1. The number of ether oxygens (including phenoxy) is 3. The number of anilines is 1. The van der Waals surface area contributed by atoms with Crippen molar-refractivity contribution in [2.75, 3.05) is 52.3 Å². The number of nitrogens with zero attached hydrogens (tertiary/aromatic N) is 1. The van der Waals surface area contributed by atoms with Crippen molar-refractivity contribution in [3.05, 3.63) is 22.7 Å². The SMILES string of the molecule is COc1c(N)cc(Cl)cc1C(=O)OCCN1CCOCC1. The van der Waals surface area contributed by atoms with Crippen LogP contribution in [0.2, 0.25) is 5.02 Å². The van der Waals surface area contributed by atoms with Gasteiger partial charge in [-0.2, -0.15) is 0 Å². The first-order valence-electron chi connectivity index (χ1n) is 6.72. The highest BCUT2D eigenvalue weighted by molar-refractivity contribution is 6.31. The zero-order valence-corrected chi connectivity index (χ0v) is 12.7. The standard InChI is InChI=1S/C14H19ClN2O4/c1-19-13-11(8-10(15)9-12(13)16)14(18)21-7-4-17-2-5-20-6-3-17/h8-9H,2-7,16H2,1H3. The summed E-state index contributed by atoms with van der Waals surface area (Å²) in [5, 5.41) is 0.369. The molecule has 1 fully saturated rings. The van der Waals surface area contributed by atoms with Gasteiger partial charge in [0, 0.05) is 24.7 Å². The average Bonchev–Trinajstić information content (AvgIpc) is 2.47. The van der Waals surface area contributed by atoms with Crippen LogP contribution in [0, 0.1) is 0 Å². The predicted octanol–water partition coefficient (Wildman–Crippen LogP) is 1.42. The van der Waals surface area contributed by atoms with Gasteiger partial charge in [-0.1, -0.05) is 11.6 Å². The van der Waals surface area contributed by atoms with Crippen LogP contribution in [0.4, 0.5) is 5.69 Å². The number of morpholine rings is 1. The molecular weight excluding hydrogens is 296 g/mol. The van der Waals surface area contributed by atoms with Gasteiger partial charge < -0.3 is 19.9 Å². The van der Waals surface area contributed by atoms with Crippen molar-refractivity contribution in [2.45, 2.75) is 0 Å². The third kappa shape index (κ3) is 4.23. The van der Waals surface area contributed by atoms with Gasteiger partial charge in [0.05, 0.1) is 26.0 Å². The Morgan fingerprint density at radius 3 is 2.81 bits per heavy atom. The molecule has 0 aliphatic carbocycles. The van der Waals surface area contributed by atoms with E-state index in [0.29, 0.717) is 37.1 Å². The Balaban J connectivity index is 1.93. The van der Waals surface area contributed by atoms with E-state index in [4.69, 9.17) is 31.5 Å². The van der Waals surface area contributed by atoms with Gasteiger partial charge in [-0.15, -0.1) is 0 Å². The van der Waals surface area contributed by atoms with Crippen LogP contribution in [0.3, 0.4) is 0 Å². The maximum Gasteiger partial charge on any atom is 0.342 e. The highest BCUT2D eigenvalue weighted by atomic mass is 35.5. The maximum atomic E-state index is 12.1. The molecule has 0 unspecified atom stereocenters. The first-order valence-corrected chi connectivity index (χ1v) is 7.10. The Hall–Kier alpha value is -1.50. The minimum atomic E-state index is -0.491. The van der Waals surface area contributed by atoms with Crippen molar-refractivity contribution < 1.29 is 19.0 Å². The number of methoxy groups -OCH3 is 1. The van der Waals surface area contributed by atoms with Crippen LogP contribution in [0.15, 0.2) is 12.1 Å².